The molecule has 1 aliphatic rings. The van der Waals surface area contributed by atoms with Gasteiger partial charge in [0.2, 0.25) is 10.0 Å². The number of rotatable bonds is 7. The summed E-state index contributed by atoms with van der Waals surface area (Å²) in [4.78, 5) is 13.9. The van der Waals surface area contributed by atoms with Crippen molar-refractivity contribution < 1.29 is 18.1 Å². The fraction of sp³-hybridized carbons (Fsp3) is 0.435. The Balaban J connectivity index is 1.48. The largest absolute Gasteiger partial charge is 0.351 e. The molecule has 0 spiro atoms. The topological polar surface area (TPSA) is 70.9 Å². The number of aryl methyl sites for hydroxylation is 2. The summed E-state index contributed by atoms with van der Waals surface area (Å²) in [5.74, 6) is 0.267. The van der Waals surface area contributed by atoms with Crippen molar-refractivity contribution in [1.29, 1.82) is 0 Å². The van der Waals surface area contributed by atoms with E-state index in [2.05, 4.69) is 24.4 Å². The fourth-order valence-corrected chi connectivity index (χ4v) is 5.55. The highest BCUT2D eigenvalue weighted by molar-refractivity contribution is 7.89. The van der Waals surface area contributed by atoms with Gasteiger partial charge < -0.3 is 10.2 Å². The number of carbonyl (C=O) groups is 1. The van der Waals surface area contributed by atoms with Gasteiger partial charge in [0.05, 0.1) is 31.1 Å². The van der Waals surface area contributed by atoms with Gasteiger partial charge in [-0.25, -0.2) is 8.42 Å². The molecule has 30 heavy (non-hydrogen) atoms. The summed E-state index contributed by atoms with van der Waals surface area (Å²) in [5, 5.41) is 3.02. The summed E-state index contributed by atoms with van der Waals surface area (Å²) in [5.41, 5.74) is 3.03. The third kappa shape index (κ3) is 5.47. The predicted molar refractivity (Wildman–Crippen MR) is 118 cm³/mol. The molecule has 7 heteroatoms. The molecule has 1 saturated heterocycles. The Labute approximate surface area is 179 Å². The number of piperazine rings is 1. The molecule has 1 atom stereocenters. The molecular weight excluding hydrogens is 398 g/mol. The summed E-state index contributed by atoms with van der Waals surface area (Å²) >= 11 is 0. The minimum absolute atomic E-state index is 0.0125. The molecule has 2 aromatic carbocycles. The van der Waals surface area contributed by atoms with Crippen LogP contribution in [0, 0.1) is 13.8 Å². The molecule has 2 aromatic rings. The first-order valence-corrected chi connectivity index (χ1v) is 11.9. The van der Waals surface area contributed by atoms with Crippen LogP contribution in [0.1, 0.15) is 29.5 Å². The molecule has 0 aliphatic carbocycles. The van der Waals surface area contributed by atoms with Gasteiger partial charge in [0, 0.05) is 6.54 Å². The highest BCUT2D eigenvalue weighted by Crippen LogP contribution is 2.20. The summed E-state index contributed by atoms with van der Waals surface area (Å²) in [6.45, 7) is 8.98. The molecule has 1 amide bonds. The van der Waals surface area contributed by atoms with Gasteiger partial charge in [-0.05, 0) is 37.0 Å². The van der Waals surface area contributed by atoms with Gasteiger partial charge in [-0.2, -0.15) is 4.31 Å². The van der Waals surface area contributed by atoms with Crippen molar-refractivity contribution in [2.45, 2.75) is 31.6 Å². The van der Waals surface area contributed by atoms with E-state index in [-0.39, 0.29) is 11.8 Å². The van der Waals surface area contributed by atoms with Crippen LogP contribution in [0.5, 0.6) is 0 Å². The van der Waals surface area contributed by atoms with Crippen LogP contribution >= 0.6 is 0 Å². The molecule has 162 valence electrons. The first-order chi connectivity index (χ1) is 14.3. The quantitative estimate of drug-likeness (QED) is 0.691. The minimum atomic E-state index is -3.49. The lowest BCUT2D eigenvalue weighted by Gasteiger charge is -2.31. The SMILES string of the molecule is Cc1ccc(S(=O)(=O)N2CC[NH+](CC(=O)NC[C@H](C)c3ccccc3)CC2)c(C)c1. The fourth-order valence-electron chi connectivity index (χ4n) is 3.90. The van der Waals surface area contributed by atoms with Crippen molar-refractivity contribution in [3.63, 3.8) is 0 Å². The van der Waals surface area contributed by atoms with Crippen molar-refractivity contribution in [2.24, 2.45) is 0 Å². The number of hydrogen-bond donors (Lipinski definition) is 2. The van der Waals surface area contributed by atoms with E-state index in [1.165, 1.54) is 5.56 Å². The van der Waals surface area contributed by atoms with E-state index in [0.717, 1.165) is 16.0 Å². The van der Waals surface area contributed by atoms with Gasteiger partial charge >= 0.3 is 0 Å². The molecule has 6 nitrogen and oxygen atoms in total. The second-order valence-electron chi connectivity index (χ2n) is 8.22. The number of nitrogens with zero attached hydrogens (tertiary/aromatic N) is 1. The number of benzene rings is 2. The van der Waals surface area contributed by atoms with Crippen LogP contribution in [-0.2, 0) is 14.8 Å². The van der Waals surface area contributed by atoms with E-state index in [1.807, 2.05) is 44.2 Å². The van der Waals surface area contributed by atoms with Crippen molar-refractivity contribution in [2.75, 3.05) is 39.3 Å². The average Bonchev–Trinajstić information content (AvgIpc) is 2.73. The Kier molecular flexibility index (Phi) is 7.28. The van der Waals surface area contributed by atoms with Crippen LogP contribution in [-0.4, -0.2) is 57.9 Å². The highest BCUT2D eigenvalue weighted by atomic mass is 32.2. The van der Waals surface area contributed by atoms with Crippen LogP contribution in [0.25, 0.3) is 0 Å². The van der Waals surface area contributed by atoms with E-state index < -0.39 is 10.0 Å². The zero-order valence-electron chi connectivity index (χ0n) is 18.0. The first kappa shape index (κ1) is 22.5. The van der Waals surface area contributed by atoms with E-state index in [4.69, 9.17) is 0 Å². The molecule has 1 aliphatic heterocycles. The van der Waals surface area contributed by atoms with E-state index in [1.54, 1.807) is 10.4 Å². The monoisotopic (exact) mass is 430 g/mol. The molecule has 1 heterocycles. The molecular formula is C23H32N3O3S+. The van der Waals surface area contributed by atoms with Gasteiger partial charge in [-0.15, -0.1) is 0 Å². The predicted octanol–water partition coefficient (Wildman–Crippen LogP) is 1.11. The maximum absolute atomic E-state index is 13.0. The molecule has 0 aromatic heterocycles. The van der Waals surface area contributed by atoms with Crippen molar-refractivity contribution in [3.8, 4) is 0 Å². The van der Waals surface area contributed by atoms with Crippen LogP contribution in [0.3, 0.4) is 0 Å². The van der Waals surface area contributed by atoms with Gasteiger partial charge in [0.25, 0.3) is 5.91 Å². The van der Waals surface area contributed by atoms with Gasteiger partial charge in [0.1, 0.15) is 0 Å². The van der Waals surface area contributed by atoms with Gasteiger partial charge in [-0.3, -0.25) is 4.79 Å². The summed E-state index contributed by atoms with van der Waals surface area (Å²) < 4.78 is 27.5. The Morgan fingerprint density at radius 2 is 1.77 bits per heavy atom. The van der Waals surface area contributed by atoms with Crippen LogP contribution in [0.2, 0.25) is 0 Å². The third-order valence-corrected chi connectivity index (χ3v) is 7.82. The normalized spacial score (nSPS) is 16.9. The molecule has 1 fully saturated rings. The minimum Gasteiger partial charge on any atom is -0.351 e. The Morgan fingerprint density at radius 3 is 2.40 bits per heavy atom. The molecule has 2 N–H and O–H groups in total. The lowest BCUT2D eigenvalue weighted by atomic mass is 10.0. The summed E-state index contributed by atoms with van der Waals surface area (Å²) in [6, 6.07) is 15.6. The first-order valence-electron chi connectivity index (χ1n) is 10.5. The lowest BCUT2D eigenvalue weighted by Crippen LogP contribution is -3.15. The number of quaternary nitrogens is 1. The van der Waals surface area contributed by atoms with Crippen LogP contribution < -0.4 is 10.2 Å². The van der Waals surface area contributed by atoms with Gasteiger partial charge in [0.15, 0.2) is 6.54 Å². The van der Waals surface area contributed by atoms with E-state index >= 15 is 0 Å². The Bertz CT molecular complexity index is 968. The second-order valence-corrected chi connectivity index (χ2v) is 10.1. The lowest BCUT2D eigenvalue weighted by molar-refractivity contribution is -0.895. The van der Waals surface area contributed by atoms with E-state index in [0.29, 0.717) is 44.2 Å². The third-order valence-electron chi connectivity index (χ3n) is 5.76. The summed E-state index contributed by atoms with van der Waals surface area (Å²) in [7, 11) is -3.49. The number of hydrogen-bond acceptors (Lipinski definition) is 3. The van der Waals surface area contributed by atoms with Crippen molar-refractivity contribution in [3.05, 3.63) is 65.2 Å². The summed E-state index contributed by atoms with van der Waals surface area (Å²) in [6.07, 6.45) is 0. The van der Waals surface area contributed by atoms with Crippen LogP contribution in [0.4, 0.5) is 0 Å². The van der Waals surface area contributed by atoms with Crippen molar-refractivity contribution >= 4 is 15.9 Å². The average molecular weight is 431 g/mol. The Morgan fingerprint density at radius 1 is 1.10 bits per heavy atom. The van der Waals surface area contributed by atoms with E-state index in [9.17, 15) is 13.2 Å². The number of nitrogens with one attached hydrogen (secondary N) is 2. The molecule has 3 rings (SSSR count). The molecule has 0 radical (unpaired) electrons. The standard InChI is InChI=1S/C23H31N3O3S/c1-18-9-10-22(19(2)15-18)30(28,29)26-13-11-25(12-14-26)17-23(27)24-16-20(3)21-7-5-4-6-8-21/h4-10,15,20H,11-14,16-17H2,1-3H3,(H,24,27)/p+1/t20-/m0/s1. The van der Waals surface area contributed by atoms with Gasteiger partial charge in [-0.1, -0.05) is 55.0 Å². The zero-order valence-corrected chi connectivity index (χ0v) is 18.8. The second kappa shape index (κ2) is 9.73. The highest BCUT2D eigenvalue weighted by Gasteiger charge is 2.32. The molecule has 0 unspecified atom stereocenters. The molecule has 0 saturated carbocycles. The zero-order chi connectivity index (χ0) is 21.7. The maximum Gasteiger partial charge on any atom is 0.275 e. The molecule has 0 bridgehead atoms. The Hall–Kier alpha value is -2.22. The number of carbonyl (C=O) groups excluding carboxylic acids is 1. The smallest absolute Gasteiger partial charge is 0.275 e. The number of amides is 1. The van der Waals surface area contributed by atoms with Crippen molar-refractivity contribution in [1.82, 2.24) is 9.62 Å². The number of sulfonamides is 1. The van der Waals surface area contributed by atoms with Crippen LogP contribution in [0.15, 0.2) is 53.4 Å². The maximum atomic E-state index is 13.0.